The van der Waals surface area contributed by atoms with Crippen LogP contribution in [0.4, 0.5) is 0 Å². The Morgan fingerprint density at radius 3 is 2.57 bits per heavy atom. The van der Waals surface area contributed by atoms with Crippen molar-refractivity contribution >= 4 is 5.97 Å². The first-order valence-corrected chi connectivity index (χ1v) is 10.3. The molecule has 7 atom stereocenters. The van der Waals surface area contributed by atoms with Gasteiger partial charge in [-0.1, -0.05) is 30.4 Å². The minimum absolute atomic E-state index is 0.0484. The van der Waals surface area contributed by atoms with Gasteiger partial charge in [-0.05, 0) is 32.1 Å². The van der Waals surface area contributed by atoms with E-state index in [0.29, 0.717) is 26.1 Å². The minimum Gasteiger partial charge on any atom is -0.462 e. The normalized spacial score (nSPS) is 45.0. The lowest BCUT2D eigenvalue weighted by Crippen LogP contribution is -2.37. The zero-order valence-electron chi connectivity index (χ0n) is 17.0. The molecule has 0 radical (unpaired) electrons. The summed E-state index contributed by atoms with van der Waals surface area (Å²) in [6.07, 6.45) is 4.07. The molecule has 2 heterocycles. The van der Waals surface area contributed by atoms with Crippen LogP contribution in [0.1, 0.15) is 39.5 Å². The van der Waals surface area contributed by atoms with Gasteiger partial charge in [0, 0.05) is 31.1 Å². The van der Waals surface area contributed by atoms with E-state index in [1.54, 1.807) is 6.08 Å². The molecular weight excluding hydrogens is 356 g/mol. The maximum atomic E-state index is 12.9. The number of carbonyl (C=O) groups is 1. The Labute approximate surface area is 167 Å². The van der Waals surface area contributed by atoms with Crippen molar-refractivity contribution in [2.45, 2.75) is 57.0 Å². The molecule has 2 aliphatic carbocycles. The lowest BCUT2D eigenvalue weighted by Gasteiger charge is -2.32. The van der Waals surface area contributed by atoms with E-state index in [2.05, 4.69) is 19.7 Å². The fourth-order valence-corrected chi connectivity index (χ4v) is 6.10. The molecule has 4 aliphatic rings. The Morgan fingerprint density at radius 2 is 1.96 bits per heavy atom. The van der Waals surface area contributed by atoms with Crippen LogP contribution in [0.15, 0.2) is 37.0 Å². The highest BCUT2D eigenvalue weighted by Gasteiger charge is 2.61. The first-order valence-electron chi connectivity index (χ1n) is 10.3. The number of esters is 1. The topological polar surface area (TPSA) is 65.0 Å². The Morgan fingerprint density at radius 1 is 1.29 bits per heavy atom. The van der Waals surface area contributed by atoms with E-state index in [4.69, 9.17) is 14.2 Å². The van der Waals surface area contributed by atoms with Crippen LogP contribution in [0.25, 0.3) is 0 Å². The van der Waals surface area contributed by atoms with Crippen molar-refractivity contribution in [3.05, 3.63) is 37.0 Å². The van der Waals surface area contributed by atoms with Gasteiger partial charge in [0.2, 0.25) is 0 Å². The molecule has 0 aromatic carbocycles. The lowest BCUT2D eigenvalue weighted by molar-refractivity contribution is -0.164. The summed E-state index contributed by atoms with van der Waals surface area (Å²) in [5, 5.41) is 10.9. The molecule has 2 saturated heterocycles. The largest absolute Gasteiger partial charge is 0.462 e. The van der Waals surface area contributed by atoms with Gasteiger partial charge >= 0.3 is 5.97 Å². The van der Waals surface area contributed by atoms with E-state index in [1.165, 1.54) is 0 Å². The van der Waals surface area contributed by atoms with Crippen LogP contribution >= 0.6 is 0 Å². The highest BCUT2D eigenvalue weighted by molar-refractivity contribution is 5.76. The number of hydrogen-bond donors (Lipinski definition) is 1. The summed E-state index contributed by atoms with van der Waals surface area (Å²) in [7, 11) is 0. The zero-order chi connectivity index (χ0) is 20.3. The molecule has 0 amide bonds. The number of ether oxygens (including phenoxy) is 3. The van der Waals surface area contributed by atoms with E-state index >= 15 is 0 Å². The highest BCUT2D eigenvalue weighted by atomic mass is 16.7. The molecule has 0 unspecified atom stereocenters. The molecule has 2 aliphatic heterocycles. The number of hydrogen-bond acceptors (Lipinski definition) is 5. The van der Waals surface area contributed by atoms with E-state index in [-0.39, 0.29) is 41.7 Å². The van der Waals surface area contributed by atoms with Crippen LogP contribution in [0.2, 0.25) is 0 Å². The number of allylic oxidation sites excluding steroid dienone is 1. The predicted molar refractivity (Wildman–Crippen MR) is 105 cm³/mol. The van der Waals surface area contributed by atoms with Crippen LogP contribution < -0.4 is 0 Å². The van der Waals surface area contributed by atoms with Gasteiger partial charge in [0.25, 0.3) is 0 Å². The smallest absolute Gasteiger partial charge is 0.310 e. The van der Waals surface area contributed by atoms with Crippen molar-refractivity contribution in [1.29, 1.82) is 0 Å². The molecule has 4 rings (SSSR count). The Bertz CT molecular complexity index is 702. The summed E-state index contributed by atoms with van der Waals surface area (Å²) >= 11 is 0. The van der Waals surface area contributed by atoms with Gasteiger partial charge in [0.15, 0.2) is 5.79 Å². The van der Waals surface area contributed by atoms with Crippen molar-refractivity contribution in [1.82, 2.24) is 0 Å². The van der Waals surface area contributed by atoms with Crippen molar-refractivity contribution in [2.75, 3.05) is 13.2 Å². The Balaban J connectivity index is 1.68. The van der Waals surface area contributed by atoms with Crippen molar-refractivity contribution in [3.63, 3.8) is 0 Å². The number of rotatable bonds is 3. The maximum absolute atomic E-state index is 12.9. The first-order chi connectivity index (χ1) is 13.2. The van der Waals surface area contributed by atoms with Crippen LogP contribution in [0.5, 0.6) is 0 Å². The van der Waals surface area contributed by atoms with Crippen molar-refractivity contribution in [2.24, 2.45) is 29.6 Å². The van der Waals surface area contributed by atoms with E-state index in [1.807, 2.05) is 13.8 Å². The molecule has 1 spiro atoms. The fourth-order valence-electron chi connectivity index (χ4n) is 6.10. The first kappa shape index (κ1) is 19.9. The van der Waals surface area contributed by atoms with E-state index in [0.717, 1.165) is 24.0 Å². The maximum Gasteiger partial charge on any atom is 0.310 e. The monoisotopic (exact) mass is 388 g/mol. The van der Waals surface area contributed by atoms with Gasteiger partial charge in [-0.15, -0.1) is 6.58 Å². The third-order valence-electron chi connectivity index (χ3n) is 7.45. The fraction of sp³-hybridized carbons (Fsp3) is 0.696. The predicted octanol–water partition coefficient (Wildman–Crippen LogP) is 3.39. The van der Waals surface area contributed by atoms with Gasteiger partial charge in [-0.2, -0.15) is 0 Å². The quantitative estimate of drug-likeness (QED) is 0.593. The van der Waals surface area contributed by atoms with Crippen LogP contribution in [0.3, 0.4) is 0 Å². The lowest BCUT2D eigenvalue weighted by atomic mass is 9.70. The average Bonchev–Trinajstić information content (AvgIpc) is 3.19. The van der Waals surface area contributed by atoms with Crippen LogP contribution in [0, 0.1) is 29.6 Å². The number of fused-ring (bicyclic) bond motifs is 1. The minimum atomic E-state index is -0.908. The van der Waals surface area contributed by atoms with Gasteiger partial charge in [-0.25, -0.2) is 0 Å². The molecule has 154 valence electrons. The van der Waals surface area contributed by atoms with Gasteiger partial charge < -0.3 is 19.3 Å². The van der Waals surface area contributed by atoms with Gasteiger partial charge in [-0.3, -0.25) is 4.79 Å². The van der Waals surface area contributed by atoms with Crippen LogP contribution in [-0.2, 0) is 19.0 Å². The average molecular weight is 389 g/mol. The summed E-state index contributed by atoms with van der Waals surface area (Å²) in [6.45, 7) is 17.5. The molecule has 28 heavy (non-hydrogen) atoms. The SMILES string of the molecule is C=C[C@H]1[C@H]2[C@H]([C@@H]3C[C@@H](C(=C)C)CC4(CC3=C)OCCO4)C(=O)O[C@H]2C[C@@]1(C)O. The van der Waals surface area contributed by atoms with E-state index in [9.17, 15) is 9.90 Å². The summed E-state index contributed by atoms with van der Waals surface area (Å²) in [6, 6.07) is 0. The molecule has 4 fully saturated rings. The molecule has 0 aromatic heterocycles. The Hall–Kier alpha value is -1.43. The molecule has 5 heteroatoms. The van der Waals surface area contributed by atoms with E-state index < -0.39 is 11.4 Å². The van der Waals surface area contributed by atoms with Gasteiger partial charge in [0.1, 0.15) is 6.10 Å². The molecule has 2 saturated carbocycles. The molecular formula is C23H32O5. The third-order valence-corrected chi connectivity index (χ3v) is 7.45. The van der Waals surface area contributed by atoms with Gasteiger partial charge in [0.05, 0.1) is 24.7 Å². The summed E-state index contributed by atoms with van der Waals surface area (Å²) in [5.74, 6) is -1.28. The standard InChI is InChI=1S/C23H32O5/c1-6-17-20-18(12-22(17,5)25)28-21(24)19(20)16-9-15(13(2)3)11-23(10-14(16)4)26-7-8-27-23/h6,15-20,25H,1-2,4,7-12H2,3,5H3/t15-,16-,17+,18+,19+,20-,22-/m1/s1. The number of aliphatic hydroxyl groups is 1. The highest BCUT2D eigenvalue weighted by Crippen LogP contribution is 2.56. The molecule has 0 bridgehead atoms. The summed E-state index contributed by atoms with van der Waals surface area (Å²) < 4.78 is 17.8. The Kier molecular flexibility index (Phi) is 4.84. The zero-order valence-corrected chi connectivity index (χ0v) is 17.0. The second-order valence-electron chi connectivity index (χ2n) is 9.43. The summed E-state index contributed by atoms with van der Waals surface area (Å²) in [4.78, 5) is 12.9. The summed E-state index contributed by atoms with van der Waals surface area (Å²) in [5.41, 5.74) is 1.14. The molecule has 1 N–H and O–H groups in total. The van der Waals surface area contributed by atoms with Crippen molar-refractivity contribution in [3.8, 4) is 0 Å². The second kappa shape index (κ2) is 6.82. The van der Waals surface area contributed by atoms with Crippen molar-refractivity contribution < 1.29 is 24.1 Å². The molecule has 5 nitrogen and oxygen atoms in total. The third kappa shape index (κ3) is 3.08. The number of carbonyl (C=O) groups excluding carboxylic acids is 1. The van der Waals surface area contributed by atoms with Crippen LogP contribution in [-0.4, -0.2) is 41.8 Å². The molecule has 0 aromatic rings. The second-order valence-corrected chi connectivity index (χ2v) is 9.43.